The second-order valence-electron chi connectivity index (χ2n) is 4.66. The van der Waals surface area contributed by atoms with E-state index in [1.54, 1.807) is 6.92 Å². The lowest BCUT2D eigenvalue weighted by Gasteiger charge is -2.15. The molecule has 0 saturated carbocycles. The molecular formula is C11H16ClNO4S2. The molecule has 108 valence electrons. The molecule has 0 radical (unpaired) electrons. The van der Waals surface area contributed by atoms with Gasteiger partial charge in [0.15, 0.2) is 0 Å². The molecule has 0 aliphatic rings. The number of hydrogen-bond donors (Lipinski definition) is 2. The zero-order chi connectivity index (χ0) is 14.8. The molecule has 0 fully saturated rings. The third kappa shape index (κ3) is 4.45. The van der Waals surface area contributed by atoms with E-state index in [1.165, 1.54) is 6.07 Å². The minimum atomic E-state index is -3.85. The summed E-state index contributed by atoms with van der Waals surface area (Å²) in [6.45, 7) is 5.35. The van der Waals surface area contributed by atoms with E-state index >= 15 is 0 Å². The van der Waals surface area contributed by atoms with Gasteiger partial charge in [0.05, 0.1) is 4.34 Å². The summed E-state index contributed by atoms with van der Waals surface area (Å²) >= 11 is 6.74. The Hall–Kier alpha value is -0.630. The van der Waals surface area contributed by atoms with Gasteiger partial charge in [0, 0.05) is 0 Å². The average Bonchev–Trinajstić information content (AvgIpc) is 2.58. The van der Waals surface area contributed by atoms with Crippen molar-refractivity contribution < 1.29 is 18.3 Å². The smallest absolute Gasteiger partial charge is 0.321 e. The quantitative estimate of drug-likeness (QED) is 0.841. The Morgan fingerprint density at radius 1 is 1.53 bits per heavy atom. The van der Waals surface area contributed by atoms with Gasteiger partial charge in [-0.2, -0.15) is 4.72 Å². The number of carbonyl (C=O) groups is 1. The Balaban J connectivity index is 2.97. The standard InChI is InChI=1S/C11H16ClNO4S2/c1-6(2)4-8(11(14)15)13-19(16,17)9-5-7(3)10(12)18-9/h5-6,8,13H,4H2,1-3H3,(H,14,15)/t8-/m0/s1. The van der Waals surface area contributed by atoms with E-state index in [0.717, 1.165) is 11.3 Å². The largest absolute Gasteiger partial charge is 0.480 e. The Labute approximate surface area is 121 Å². The number of rotatable bonds is 6. The third-order valence-electron chi connectivity index (χ3n) is 2.40. The lowest BCUT2D eigenvalue weighted by atomic mass is 10.1. The van der Waals surface area contributed by atoms with E-state index in [1.807, 2.05) is 13.8 Å². The van der Waals surface area contributed by atoms with Gasteiger partial charge in [-0.05, 0) is 30.9 Å². The molecule has 2 N–H and O–H groups in total. The molecule has 1 rings (SSSR count). The van der Waals surface area contributed by atoms with Gasteiger partial charge in [-0.1, -0.05) is 25.4 Å². The van der Waals surface area contributed by atoms with Crippen molar-refractivity contribution in [3.05, 3.63) is 16.0 Å². The van der Waals surface area contributed by atoms with Crippen LogP contribution in [0.25, 0.3) is 0 Å². The van der Waals surface area contributed by atoms with E-state index in [9.17, 15) is 13.2 Å². The summed E-state index contributed by atoms with van der Waals surface area (Å²) in [7, 11) is -3.85. The summed E-state index contributed by atoms with van der Waals surface area (Å²) in [5.41, 5.74) is 0.655. The van der Waals surface area contributed by atoms with E-state index in [-0.39, 0.29) is 16.5 Å². The monoisotopic (exact) mass is 325 g/mol. The second-order valence-corrected chi connectivity index (χ2v) is 8.26. The van der Waals surface area contributed by atoms with Gasteiger partial charge >= 0.3 is 5.97 Å². The van der Waals surface area contributed by atoms with Gasteiger partial charge in [0.2, 0.25) is 0 Å². The molecule has 5 nitrogen and oxygen atoms in total. The molecule has 0 aromatic carbocycles. The maximum Gasteiger partial charge on any atom is 0.321 e. The summed E-state index contributed by atoms with van der Waals surface area (Å²) < 4.78 is 26.8. The topological polar surface area (TPSA) is 83.5 Å². The fourth-order valence-corrected chi connectivity index (χ4v) is 4.41. The Kier molecular flexibility index (Phi) is 5.37. The molecule has 1 atom stereocenters. The molecule has 0 amide bonds. The molecule has 0 aliphatic heterocycles. The van der Waals surface area contributed by atoms with Gasteiger partial charge < -0.3 is 5.11 Å². The summed E-state index contributed by atoms with van der Waals surface area (Å²) in [5, 5.41) is 9.04. The SMILES string of the molecule is Cc1cc(S(=O)(=O)N[C@@H](CC(C)C)C(=O)O)sc1Cl. The molecule has 1 aromatic heterocycles. The van der Waals surface area contributed by atoms with Crippen LogP contribution < -0.4 is 4.72 Å². The van der Waals surface area contributed by atoms with E-state index < -0.39 is 22.0 Å². The molecule has 0 aliphatic carbocycles. The summed E-state index contributed by atoms with van der Waals surface area (Å²) in [6.07, 6.45) is 0.229. The number of carboxylic acid groups (broad SMARTS) is 1. The number of thiophene rings is 1. The van der Waals surface area contributed by atoms with E-state index in [2.05, 4.69) is 4.72 Å². The van der Waals surface area contributed by atoms with Crippen LogP contribution in [-0.2, 0) is 14.8 Å². The average molecular weight is 326 g/mol. The number of hydrogen-bond acceptors (Lipinski definition) is 4. The van der Waals surface area contributed by atoms with Crippen LogP contribution in [0.1, 0.15) is 25.8 Å². The second kappa shape index (κ2) is 6.21. The first kappa shape index (κ1) is 16.4. The first-order valence-electron chi connectivity index (χ1n) is 5.64. The van der Waals surface area contributed by atoms with Crippen molar-refractivity contribution in [2.45, 2.75) is 37.4 Å². The summed E-state index contributed by atoms with van der Waals surface area (Å²) in [4.78, 5) is 11.1. The highest BCUT2D eigenvalue weighted by molar-refractivity contribution is 7.91. The van der Waals surface area contributed by atoms with Crippen molar-refractivity contribution >= 4 is 38.9 Å². The zero-order valence-corrected chi connectivity index (χ0v) is 13.2. The van der Waals surface area contributed by atoms with Gasteiger partial charge in [0.1, 0.15) is 10.3 Å². The van der Waals surface area contributed by atoms with Gasteiger partial charge in [0.25, 0.3) is 10.0 Å². The van der Waals surface area contributed by atoms with Crippen LogP contribution in [0.2, 0.25) is 4.34 Å². The maximum atomic E-state index is 12.1. The van der Waals surface area contributed by atoms with Crippen LogP contribution in [0.3, 0.4) is 0 Å². The van der Waals surface area contributed by atoms with Crippen molar-refractivity contribution in [1.82, 2.24) is 4.72 Å². The normalized spacial score (nSPS) is 13.7. The van der Waals surface area contributed by atoms with Gasteiger partial charge in [-0.3, -0.25) is 4.79 Å². The van der Waals surface area contributed by atoms with Crippen molar-refractivity contribution in [3.8, 4) is 0 Å². The highest BCUT2D eigenvalue weighted by Crippen LogP contribution is 2.30. The van der Waals surface area contributed by atoms with Gasteiger partial charge in [-0.25, -0.2) is 8.42 Å². The molecular weight excluding hydrogens is 310 g/mol. The molecule has 0 saturated heterocycles. The molecule has 19 heavy (non-hydrogen) atoms. The molecule has 1 aromatic rings. The number of nitrogens with one attached hydrogen (secondary N) is 1. The predicted molar refractivity (Wildman–Crippen MR) is 75.3 cm³/mol. The minimum absolute atomic E-state index is 0.0324. The Bertz CT molecular complexity index is 546. The van der Waals surface area contributed by atoms with Gasteiger partial charge in [-0.15, -0.1) is 11.3 Å². The van der Waals surface area contributed by atoms with E-state index in [0.29, 0.717) is 9.90 Å². The number of aliphatic carboxylic acids is 1. The molecule has 0 bridgehead atoms. The van der Waals surface area contributed by atoms with Crippen LogP contribution >= 0.6 is 22.9 Å². The minimum Gasteiger partial charge on any atom is -0.480 e. The van der Waals surface area contributed by atoms with Crippen molar-refractivity contribution in [2.75, 3.05) is 0 Å². The maximum absolute atomic E-state index is 12.1. The lowest BCUT2D eigenvalue weighted by Crippen LogP contribution is -2.41. The van der Waals surface area contributed by atoms with Crippen LogP contribution in [0.5, 0.6) is 0 Å². The number of halogens is 1. The fraction of sp³-hybridized carbons (Fsp3) is 0.545. The van der Waals surface area contributed by atoms with E-state index in [4.69, 9.17) is 16.7 Å². The lowest BCUT2D eigenvalue weighted by molar-refractivity contribution is -0.139. The zero-order valence-electron chi connectivity index (χ0n) is 10.8. The Morgan fingerprint density at radius 2 is 2.11 bits per heavy atom. The summed E-state index contributed by atoms with van der Waals surface area (Å²) in [5.74, 6) is -1.12. The summed E-state index contributed by atoms with van der Waals surface area (Å²) in [6, 6.07) is 0.301. The Morgan fingerprint density at radius 3 is 2.47 bits per heavy atom. The number of aryl methyl sites for hydroxylation is 1. The van der Waals surface area contributed by atoms with Crippen molar-refractivity contribution in [2.24, 2.45) is 5.92 Å². The van der Waals surface area contributed by atoms with Crippen molar-refractivity contribution in [1.29, 1.82) is 0 Å². The third-order valence-corrected chi connectivity index (χ3v) is 5.90. The highest BCUT2D eigenvalue weighted by atomic mass is 35.5. The molecule has 0 unspecified atom stereocenters. The molecule has 1 heterocycles. The predicted octanol–water partition coefficient (Wildman–Crippen LogP) is 2.49. The number of sulfonamides is 1. The van der Waals surface area contributed by atoms with Crippen LogP contribution in [0, 0.1) is 12.8 Å². The molecule has 8 heteroatoms. The molecule has 0 spiro atoms. The fourth-order valence-electron chi connectivity index (χ4n) is 1.48. The van der Waals surface area contributed by atoms with Crippen LogP contribution in [0.15, 0.2) is 10.3 Å². The highest BCUT2D eigenvalue weighted by Gasteiger charge is 2.27. The van der Waals surface area contributed by atoms with Crippen LogP contribution in [-0.4, -0.2) is 25.5 Å². The van der Waals surface area contributed by atoms with Crippen LogP contribution in [0.4, 0.5) is 0 Å². The number of carboxylic acids is 1. The first-order valence-corrected chi connectivity index (χ1v) is 8.32. The van der Waals surface area contributed by atoms with Crippen molar-refractivity contribution in [3.63, 3.8) is 0 Å². The first-order chi connectivity index (χ1) is 8.63.